The van der Waals surface area contributed by atoms with Gasteiger partial charge < -0.3 is 4.90 Å². The summed E-state index contributed by atoms with van der Waals surface area (Å²) in [5.41, 5.74) is 3.55. The summed E-state index contributed by atoms with van der Waals surface area (Å²) in [6.07, 6.45) is 1.88. The van der Waals surface area contributed by atoms with Crippen molar-refractivity contribution < 1.29 is 4.79 Å². The lowest BCUT2D eigenvalue weighted by molar-refractivity contribution is 0.105. The number of nitrogens with zero attached hydrogens (tertiary/aromatic N) is 1. The van der Waals surface area contributed by atoms with Crippen LogP contribution in [0.5, 0.6) is 0 Å². The highest BCUT2D eigenvalue weighted by molar-refractivity contribution is 6.28. The fourth-order valence-corrected chi connectivity index (χ4v) is 2.00. The third-order valence-corrected chi connectivity index (χ3v) is 3.03. The van der Waals surface area contributed by atoms with Crippen LogP contribution in [-0.2, 0) is 0 Å². The minimum absolute atomic E-state index is 0.0446. The van der Waals surface area contributed by atoms with Crippen LogP contribution in [0, 0.1) is 6.92 Å². The largest absolute Gasteiger partial charge is 0.383 e. The van der Waals surface area contributed by atoms with Crippen LogP contribution in [0.15, 0.2) is 60.8 Å². The van der Waals surface area contributed by atoms with Gasteiger partial charge in [-0.15, -0.1) is 0 Å². The molecule has 0 fully saturated rings. The fraction of sp³-hybridized carbons (Fsp3) is 0.167. The van der Waals surface area contributed by atoms with E-state index in [9.17, 15) is 4.79 Å². The van der Waals surface area contributed by atoms with Crippen molar-refractivity contribution in [1.82, 2.24) is 4.90 Å². The Morgan fingerprint density at radius 2 is 1.50 bits per heavy atom. The Bertz CT molecular complexity index is 610. The predicted octanol–water partition coefficient (Wildman–Crippen LogP) is 3.78. The molecule has 0 spiro atoms. The maximum absolute atomic E-state index is 12.7. The van der Waals surface area contributed by atoms with Crippen LogP contribution >= 0.6 is 0 Å². The molecule has 0 heterocycles. The Kier molecular flexibility index (Phi) is 4.36. The highest BCUT2D eigenvalue weighted by Crippen LogP contribution is 2.20. The molecule has 20 heavy (non-hydrogen) atoms. The van der Waals surface area contributed by atoms with Crippen molar-refractivity contribution >= 4 is 11.4 Å². The zero-order chi connectivity index (χ0) is 14.5. The van der Waals surface area contributed by atoms with Gasteiger partial charge in [0, 0.05) is 31.4 Å². The SMILES string of the molecule is Cc1ccc(/C(=C\N(C)C)C(=O)c2ccccc2)cc1. The van der Waals surface area contributed by atoms with Gasteiger partial charge in [-0.2, -0.15) is 0 Å². The Hall–Kier alpha value is -2.35. The van der Waals surface area contributed by atoms with Crippen LogP contribution in [0.2, 0.25) is 0 Å². The van der Waals surface area contributed by atoms with Gasteiger partial charge in [0.1, 0.15) is 0 Å². The number of carbonyl (C=O) groups excluding carboxylic acids is 1. The quantitative estimate of drug-likeness (QED) is 0.619. The number of aryl methyl sites for hydroxylation is 1. The van der Waals surface area contributed by atoms with Crippen LogP contribution in [0.25, 0.3) is 5.57 Å². The van der Waals surface area contributed by atoms with Gasteiger partial charge in [0.15, 0.2) is 5.78 Å². The summed E-state index contributed by atoms with van der Waals surface area (Å²) in [6, 6.07) is 17.4. The van der Waals surface area contributed by atoms with E-state index in [4.69, 9.17) is 0 Å². The number of allylic oxidation sites excluding steroid dienone is 1. The number of hydrogen-bond acceptors (Lipinski definition) is 2. The molecule has 0 saturated carbocycles. The van der Waals surface area contributed by atoms with Crippen molar-refractivity contribution in [3.63, 3.8) is 0 Å². The van der Waals surface area contributed by atoms with E-state index < -0.39 is 0 Å². The maximum Gasteiger partial charge on any atom is 0.195 e. The second-order valence-electron chi connectivity index (χ2n) is 5.07. The van der Waals surface area contributed by atoms with Crippen molar-refractivity contribution in [3.05, 3.63) is 77.5 Å². The average molecular weight is 265 g/mol. The predicted molar refractivity (Wildman–Crippen MR) is 83.6 cm³/mol. The minimum Gasteiger partial charge on any atom is -0.383 e. The van der Waals surface area contributed by atoms with E-state index in [2.05, 4.69) is 0 Å². The first-order valence-corrected chi connectivity index (χ1v) is 6.63. The molecule has 0 atom stereocenters. The smallest absolute Gasteiger partial charge is 0.195 e. The van der Waals surface area contributed by atoms with Crippen molar-refractivity contribution in [2.75, 3.05) is 14.1 Å². The molecular formula is C18H19NO. The first-order chi connectivity index (χ1) is 9.58. The van der Waals surface area contributed by atoms with E-state index in [1.165, 1.54) is 5.56 Å². The molecule has 0 amide bonds. The monoisotopic (exact) mass is 265 g/mol. The Labute approximate surface area is 120 Å². The van der Waals surface area contributed by atoms with Gasteiger partial charge in [-0.1, -0.05) is 60.2 Å². The summed E-state index contributed by atoms with van der Waals surface area (Å²) in [6.45, 7) is 2.04. The molecule has 0 aliphatic carbocycles. The third kappa shape index (κ3) is 3.35. The Balaban J connectivity index is 2.44. The lowest BCUT2D eigenvalue weighted by atomic mass is 9.97. The van der Waals surface area contributed by atoms with Crippen molar-refractivity contribution in [2.24, 2.45) is 0 Å². The summed E-state index contributed by atoms with van der Waals surface area (Å²) >= 11 is 0. The first kappa shape index (κ1) is 14.1. The molecule has 2 heteroatoms. The van der Waals surface area contributed by atoms with E-state index in [1.54, 1.807) is 0 Å². The van der Waals surface area contributed by atoms with E-state index in [0.29, 0.717) is 11.1 Å². The summed E-state index contributed by atoms with van der Waals surface area (Å²) in [5, 5.41) is 0. The molecule has 0 aromatic heterocycles. The first-order valence-electron chi connectivity index (χ1n) is 6.63. The normalized spacial score (nSPS) is 11.2. The molecule has 2 nitrogen and oxygen atoms in total. The van der Waals surface area contributed by atoms with Crippen molar-refractivity contribution in [1.29, 1.82) is 0 Å². The number of hydrogen-bond donors (Lipinski definition) is 0. The minimum atomic E-state index is 0.0446. The van der Waals surface area contributed by atoms with Crippen LogP contribution in [-0.4, -0.2) is 24.8 Å². The molecule has 0 N–H and O–H groups in total. The summed E-state index contributed by atoms with van der Waals surface area (Å²) in [5.74, 6) is 0.0446. The Morgan fingerprint density at radius 3 is 2.05 bits per heavy atom. The van der Waals surface area contributed by atoms with E-state index in [1.807, 2.05) is 86.7 Å². The van der Waals surface area contributed by atoms with Crippen LogP contribution < -0.4 is 0 Å². The molecule has 2 aromatic carbocycles. The third-order valence-electron chi connectivity index (χ3n) is 3.03. The van der Waals surface area contributed by atoms with Gasteiger partial charge in [-0.25, -0.2) is 0 Å². The van der Waals surface area contributed by atoms with Crippen LogP contribution in [0.1, 0.15) is 21.5 Å². The summed E-state index contributed by atoms with van der Waals surface area (Å²) < 4.78 is 0. The molecule has 0 radical (unpaired) electrons. The van der Waals surface area contributed by atoms with Gasteiger partial charge in [0.25, 0.3) is 0 Å². The molecule has 0 aliphatic rings. The number of benzene rings is 2. The van der Waals surface area contributed by atoms with E-state index in [-0.39, 0.29) is 5.78 Å². The van der Waals surface area contributed by atoms with Gasteiger partial charge in [0.2, 0.25) is 0 Å². The van der Waals surface area contributed by atoms with Gasteiger partial charge in [-0.05, 0) is 12.5 Å². The number of carbonyl (C=O) groups is 1. The number of ketones is 1. The molecule has 0 bridgehead atoms. The lowest BCUT2D eigenvalue weighted by Crippen LogP contribution is -2.09. The highest BCUT2D eigenvalue weighted by atomic mass is 16.1. The Morgan fingerprint density at radius 1 is 0.900 bits per heavy atom. The molecule has 102 valence electrons. The van der Waals surface area contributed by atoms with Crippen molar-refractivity contribution in [2.45, 2.75) is 6.92 Å². The second kappa shape index (κ2) is 6.20. The molecule has 0 unspecified atom stereocenters. The standard InChI is InChI=1S/C18H19NO/c1-14-9-11-15(12-10-14)17(13-19(2)3)18(20)16-7-5-4-6-8-16/h4-13H,1-3H3/b17-13+. The second-order valence-corrected chi connectivity index (χ2v) is 5.07. The zero-order valence-corrected chi connectivity index (χ0v) is 12.1. The van der Waals surface area contributed by atoms with Gasteiger partial charge in [0.05, 0.1) is 0 Å². The topological polar surface area (TPSA) is 20.3 Å². The fourth-order valence-electron chi connectivity index (χ4n) is 2.00. The molecule has 0 aliphatic heterocycles. The molecule has 2 aromatic rings. The molecule has 0 saturated heterocycles. The summed E-state index contributed by atoms with van der Waals surface area (Å²) in [7, 11) is 3.85. The van der Waals surface area contributed by atoms with E-state index >= 15 is 0 Å². The highest BCUT2D eigenvalue weighted by Gasteiger charge is 2.14. The van der Waals surface area contributed by atoms with Crippen LogP contribution in [0.3, 0.4) is 0 Å². The van der Waals surface area contributed by atoms with E-state index in [0.717, 1.165) is 5.56 Å². The number of rotatable bonds is 4. The van der Waals surface area contributed by atoms with Crippen LogP contribution in [0.4, 0.5) is 0 Å². The average Bonchev–Trinajstić information content (AvgIpc) is 2.46. The lowest BCUT2D eigenvalue weighted by Gasteiger charge is -2.12. The van der Waals surface area contributed by atoms with Crippen molar-refractivity contribution in [3.8, 4) is 0 Å². The summed E-state index contributed by atoms with van der Waals surface area (Å²) in [4.78, 5) is 14.6. The van der Waals surface area contributed by atoms with Gasteiger partial charge >= 0.3 is 0 Å². The van der Waals surface area contributed by atoms with Gasteiger partial charge in [-0.3, -0.25) is 4.79 Å². The molecule has 2 rings (SSSR count). The number of Topliss-reactive ketones (excluding diaryl/α,β-unsaturated/α-hetero) is 1. The maximum atomic E-state index is 12.7. The zero-order valence-electron chi connectivity index (χ0n) is 12.1. The molecular weight excluding hydrogens is 246 g/mol.